The van der Waals surface area contributed by atoms with Crippen LogP contribution in [0, 0.1) is 11.3 Å². The van der Waals surface area contributed by atoms with Crippen LogP contribution in [0.1, 0.15) is 25.3 Å². The number of nitrogens with zero attached hydrogens (tertiary/aromatic N) is 3. The molecular formula is C20H19N3O2. The molecule has 0 N–H and O–H groups in total. The van der Waals surface area contributed by atoms with Crippen LogP contribution in [0.3, 0.4) is 0 Å². The smallest absolute Gasteiger partial charge is 0.349 e. The Morgan fingerprint density at radius 3 is 2.52 bits per heavy atom. The van der Waals surface area contributed by atoms with Gasteiger partial charge in [-0.1, -0.05) is 38.1 Å². The van der Waals surface area contributed by atoms with Gasteiger partial charge in [0.2, 0.25) is 0 Å². The van der Waals surface area contributed by atoms with Crippen molar-refractivity contribution in [2.75, 3.05) is 7.11 Å². The standard InChI is InChI=1S/C20H19N3O2/c1-13(2)14-4-6-15(7-5-14)19-17-12-16(25-3)8-9-18(17)23(11-10-21)20(24)22-19/h4-9,12-13H,11H2,1-3H3. The van der Waals surface area contributed by atoms with Crippen LogP contribution in [-0.2, 0) is 6.54 Å². The van der Waals surface area contributed by atoms with Crippen LogP contribution in [0.4, 0.5) is 0 Å². The maximum Gasteiger partial charge on any atom is 0.349 e. The van der Waals surface area contributed by atoms with Gasteiger partial charge >= 0.3 is 5.69 Å². The predicted molar refractivity (Wildman–Crippen MR) is 97.7 cm³/mol. The van der Waals surface area contributed by atoms with Crippen molar-refractivity contribution >= 4 is 10.9 Å². The van der Waals surface area contributed by atoms with E-state index in [0.29, 0.717) is 22.9 Å². The fourth-order valence-electron chi connectivity index (χ4n) is 2.86. The van der Waals surface area contributed by atoms with Crippen LogP contribution in [0.5, 0.6) is 5.75 Å². The maximum absolute atomic E-state index is 12.4. The van der Waals surface area contributed by atoms with Crippen molar-refractivity contribution in [2.24, 2.45) is 0 Å². The summed E-state index contributed by atoms with van der Waals surface area (Å²) in [4.78, 5) is 16.7. The van der Waals surface area contributed by atoms with Crippen molar-refractivity contribution < 1.29 is 4.74 Å². The summed E-state index contributed by atoms with van der Waals surface area (Å²) in [5.41, 5.74) is 2.93. The van der Waals surface area contributed by atoms with E-state index >= 15 is 0 Å². The first-order valence-electron chi connectivity index (χ1n) is 8.11. The van der Waals surface area contributed by atoms with Crippen molar-refractivity contribution in [2.45, 2.75) is 26.3 Å². The molecule has 25 heavy (non-hydrogen) atoms. The van der Waals surface area contributed by atoms with Crippen molar-refractivity contribution in [3.05, 3.63) is 58.5 Å². The molecule has 0 aliphatic rings. The van der Waals surface area contributed by atoms with Crippen molar-refractivity contribution in [1.29, 1.82) is 5.26 Å². The summed E-state index contributed by atoms with van der Waals surface area (Å²) < 4.78 is 6.69. The number of rotatable bonds is 4. The van der Waals surface area contributed by atoms with Gasteiger partial charge in [0.15, 0.2) is 0 Å². The molecule has 0 saturated carbocycles. The van der Waals surface area contributed by atoms with Crippen LogP contribution < -0.4 is 10.4 Å². The highest BCUT2D eigenvalue weighted by molar-refractivity contribution is 5.93. The maximum atomic E-state index is 12.4. The second-order valence-corrected chi connectivity index (χ2v) is 6.15. The van der Waals surface area contributed by atoms with E-state index < -0.39 is 5.69 Å². The van der Waals surface area contributed by atoms with Gasteiger partial charge in [-0.05, 0) is 29.7 Å². The van der Waals surface area contributed by atoms with Crippen molar-refractivity contribution in [1.82, 2.24) is 9.55 Å². The molecule has 1 aromatic heterocycles. The molecule has 0 unspecified atom stereocenters. The van der Waals surface area contributed by atoms with Crippen LogP contribution in [0.25, 0.3) is 22.2 Å². The summed E-state index contributed by atoms with van der Waals surface area (Å²) in [6.45, 7) is 4.23. The number of benzene rings is 2. The van der Waals surface area contributed by atoms with Gasteiger partial charge in [0, 0.05) is 10.9 Å². The molecule has 0 radical (unpaired) electrons. The average Bonchev–Trinajstić information content (AvgIpc) is 2.63. The number of nitriles is 1. The highest BCUT2D eigenvalue weighted by Gasteiger charge is 2.13. The van der Waals surface area contributed by atoms with Gasteiger partial charge in [-0.25, -0.2) is 4.79 Å². The van der Waals surface area contributed by atoms with E-state index in [1.807, 2.05) is 24.3 Å². The largest absolute Gasteiger partial charge is 0.497 e. The minimum atomic E-state index is -0.429. The Hall–Kier alpha value is -3.13. The Balaban J connectivity index is 2.28. The molecule has 0 aliphatic carbocycles. The van der Waals surface area contributed by atoms with Gasteiger partial charge in [-0.2, -0.15) is 10.2 Å². The predicted octanol–water partition coefficient (Wildman–Crippen LogP) is 3.72. The molecule has 1 heterocycles. The summed E-state index contributed by atoms with van der Waals surface area (Å²) in [6.07, 6.45) is 0. The van der Waals surface area contributed by atoms with Gasteiger partial charge in [0.1, 0.15) is 12.3 Å². The first kappa shape index (κ1) is 16.7. The summed E-state index contributed by atoms with van der Waals surface area (Å²) in [7, 11) is 1.59. The van der Waals surface area contributed by atoms with Gasteiger partial charge in [0.25, 0.3) is 0 Å². The van der Waals surface area contributed by atoms with Crippen LogP contribution >= 0.6 is 0 Å². The Labute approximate surface area is 146 Å². The third kappa shape index (κ3) is 3.11. The number of methoxy groups -OCH3 is 1. The Morgan fingerprint density at radius 1 is 1.20 bits per heavy atom. The molecular weight excluding hydrogens is 314 g/mol. The van der Waals surface area contributed by atoms with Gasteiger partial charge < -0.3 is 4.74 Å². The Morgan fingerprint density at radius 2 is 1.92 bits per heavy atom. The molecule has 0 saturated heterocycles. The molecule has 5 nitrogen and oxygen atoms in total. The molecule has 0 spiro atoms. The summed E-state index contributed by atoms with van der Waals surface area (Å²) in [5, 5.41) is 9.79. The average molecular weight is 333 g/mol. The quantitative estimate of drug-likeness (QED) is 0.730. The lowest BCUT2D eigenvalue weighted by Gasteiger charge is -2.12. The normalized spacial score (nSPS) is 10.8. The topological polar surface area (TPSA) is 67.9 Å². The molecule has 5 heteroatoms. The highest BCUT2D eigenvalue weighted by atomic mass is 16.5. The van der Waals surface area contributed by atoms with Crippen molar-refractivity contribution in [3.63, 3.8) is 0 Å². The molecule has 0 fully saturated rings. The van der Waals surface area contributed by atoms with E-state index in [1.165, 1.54) is 10.1 Å². The molecule has 2 aromatic carbocycles. The monoisotopic (exact) mass is 333 g/mol. The first-order valence-corrected chi connectivity index (χ1v) is 8.11. The molecule has 3 rings (SSSR count). The highest BCUT2D eigenvalue weighted by Crippen LogP contribution is 2.29. The fraction of sp³-hybridized carbons (Fsp3) is 0.250. The zero-order valence-corrected chi connectivity index (χ0v) is 14.5. The van der Waals surface area contributed by atoms with Gasteiger partial charge in [-0.3, -0.25) is 4.57 Å². The van der Waals surface area contributed by atoms with Gasteiger partial charge in [0.05, 0.1) is 24.4 Å². The van der Waals surface area contributed by atoms with E-state index in [1.54, 1.807) is 19.2 Å². The number of hydrogen-bond acceptors (Lipinski definition) is 4. The van der Waals surface area contributed by atoms with E-state index in [4.69, 9.17) is 10.00 Å². The van der Waals surface area contributed by atoms with E-state index in [-0.39, 0.29) is 6.54 Å². The lowest BCUT2D eigenvalue weighted by Crippen LogP contribution is -2.23. The second kappa shape index (κ2) is 6.78. The third-order valence-electron chi connectivity index (χ3n) is 4.27. The fourth-order valence-corrected chi connectivity index (χ4v) is 2.86. The van der Waals surface area contributed by atoms with Crippen molar-refractivity contribution in [3.8, 4) is 23.1 Å². The van der Waals surface area contributed by atoms with E-state index in [0.717, 1.165) is 10.9 Å². The van der Waals surface area contributed by atoms with Crippen LogP contribution in [-0.4, -0.2) is 16.7 Å². The number of fused-ring (bicyclic) bond motifs is 1. The minimum Gasteiger partial charge on any atom is -0.497 e. The molecule has 0 aliphatic heterocycles. The lowest BCUT2D eigenvalue weighted by molar-refractivity contribution is 0.415. The lowest BCUT2D eigenvalue weighted by atomic mass is 9.99. The number of hydrogen-bond donors (Lipinski definition) is 0. The van der Waals surface area contributed by atoms with Crippen LogP contribution in [0.15, 0.2) is 47.3 Å². The third-order valence-corrected chi connectivity index (χ3v) is 4.27. The Kier molecular flexibility index (Phi) is 4.53. The summed E-state index contributed by atoms with van der Waals surface area (Å²) in [5.74, 6) is 1.11. The molecule has 126 valence electrons. The zero-order valence-electron chi connectivity index (χ0n) is 14.5. The number of ether oxygens (including phenoxy) is 1. The summed E-state index contributed by atoms with van der Waals surface area (Å²) >= 11 is 0. The number of aromatic nitrogens is 2. The van der Waals surface area contributed by atoms with E-state index in [2.05, 4.69) is 31.0 Å². The summed E-state index contributed by atoms with van der Waals surface area (Å²) in [6, 6.07) is 15.5. The Bertz CT molecular complexity index is 1010. The molecule has 0 amide bonds. The molecule has 3 aromatic rings. The first-order chi connectivity index (χ1) is 12.0. The molecule has 0 bridgehead atoms. The minimum absolute atomic E-state index is 0.0404. The van der Waals surface area contributed by atoms with E-state index in [9.17, 15) is 4.79 Å². The van der Waals surface area contributed by atoms with Crippen LogP contribution in [0.2, 0.25) is 0 Å². The molecule has 0 atom stereocenters. The second-order valence-electron chi connectivity index (χ2n) is 6.15. The SMILES string of the molecule is COc1ccc2c(c1)c(-c1ccc(C(C)C)cc1)nc(=O)n2CC#N. The van der Waals surface area contributed by atoms with Gasteiger partial charge in [-0.15, -0.1) is 0 Å². The zero-order chi connectivity index (χ0) is 18.0.